The molecule has 1 aliphatic heterocycles. The van der Waals surface area contributed by atoms with Crippen molar-refractivity contribution in [1.29, 1.82) is 0 Å². The average molecular weight is 253 g/mol. The maximum atomic E-state index is 4.16. The first-order valence-electron chi connectivity index (χ1n) is 7.47. The van der Waals surface area contributed by atoms with Crippen molar-refractivity contribution in [2.45, 2.75) is 39.2 Å². The summed E-state index contributed by atoms with van der Waals surface area (Å²) in [5.41, 5.74) is 1.30. The maximum Gasteiger partial charge on any atom is 0.0223 e. The number of likely N-dealkylation sites (tertiary alicyclic amines) is 1. The molecule has 0 amide bonds. The van der Waals surface area contributed by atoms with Gasteiger partial charge in [0.2, 0.25) is 0 Å². The standard InChI is InChI=1S/C15H31N3/c1-5-9-16-11-14(3)12-17(4)13-15-8-7-10-18(15)6-2/h15-16H,3,5-13H2,1-2,4H3. The van der Waals surface area contributed by atoms with Crippen LogP contribution in [0.4, 0.5) is 0 Å². The smallest absolute Gasteiger partial charge is 0.0223 e. The summed E-state index contributed by atoms with van der Waals surface area (Å²) in [4.78, 5) is 5.03. The number of hydrogen-bond acceptors (Lipinski definition) is 3. The summed E-state index contributed by atoms with van der Waals surface area (Å²) >= 11 is 0. The molecule has 18 heavy (non-hydrogen) atoms. The third-order valence-electron chi connectivity index (χ3n) is 3.72. The molecule has 1 atom stereocenters. The van der Waals surface area contributed by atoms with Crippen LogP contribution in [-0.4, -0.2) is 62.2 Å². The van der Waals surface area contributed by atoms with Gasteiger partial charge < -0.3 is 10.2 Å². The van der Waals surface area contributed by atoms with Gasteiger partial charge in [0.25, 0.3) is 0 Å². The molecule has 1 saturated heterocycles. The van der Waals surface area contributed by atoms with Crippen molar-refractivity contribution in [1.82, 2.24) is 15.1 Å². The second-order valence-corrected chi connectivity index (χ2v) is 5.55. The first kappa shape index (κ1) is 15.7. The van der Waals surface area contributed by atoms with E-state index >= 15 is 0 Å². The fraction of sp³-hybridized carbons (Fsp3) is 0.867. The highest BCUT2D eigenvalue weighted by molar-refractivity contribution is 4.99. The van der Waals surface area contributed by atoms with E-state index in [9.17, 15) is 0 Å². The molecule has 3 nitrogen and oxygen atoms in total. The third kappa shape index (κ3) is 5.51. The minimum absolute atomic E-state index is 0.761. The lowest BCUT2D eigenvalue weighted by molar-refractivity contribution is 0.205. The van der Waals surface area contributed by atoms with Gasteiger partial charge in [0.15, 0.2) is 0 Å². The highest BCUT2D eigenvalue weighted by atomic mass is 15.2. The van der Waals surface area contributed by atoms with Crippen LogP contribution in [0.3, 0.4) is 0 Å². The highest BCUT2D eigenvalue weighted by Gasteiger charge is 2.23. The van der Waals surface area contributed by atoms with E-state index in [1.165, 1.54) is 44.5 Å². The predicted octanol–water partition coefficient (Wildman–Crippen LogP) is 1.96. The van der Waals surface area contributed by atoms with Gasteiger partial charge in [0.05, 0.1) is 0 Å². The zero-order valence-corrected chi connectivity index (χ0v) is 12.5. The summed E-state index contributed by atoms with van der Waals surface area (Å²) in [6, 6.07) is 0.761. The van der Waals surface area contributed by atoms with Crippen LogP contribution >= 0.6 is 0 Å². The minimum atomic E-state index is 0.761. The van der Waals surface area contributed by atoms with Crippen molar-refractivity contribution in [3.8, 4) is 0 Å². The lowest BCUT2D eigenvalue weighted by Gasteiger charge is -2.28. The van der Waals surface area contributed by atoms with E-state index in [1.54, 1.807) is 0 Å². The second-order valence-electron chi connectivity index (χ2n) is 5.55. The average Bonchev–Trinajstić information content (AvgIpc) is 2.76. The Morgan fingerprint density at radius 2 is 2.22 bits per heavy atom. The molecule has 1 unspecified atom stereocenters. The Balaban J connectivity index is 2.19. The molecule has 0 bridgehead atoms. The summed E-state index contributed by atoms with van der Waals surface area (Å²) in [5, 5.41) is 3.42. The second kappa shape index (κ2) is 8.68. The van der Waals surface area contributed by atoms with Crippen LogP contribution in [0.15, 0.2) is 12.2 Å². The van der Waals surface area contributed by atoms with E-state index in [0.29, 0.717) is 0 Å². The molecule has 106 valence electrons. The quantitative estimate of drug-likeness (QED) is 0.500. The number of nitrogens with one attached hydrogen (secondary N) is 1. The van der Waals surface area contributed by atoms with E-state index in [0.717, 1.165) is 25.7 Å². The fourth-order valence-corrected chi connectivity index (χ4v) is 2.82. The summed E-state index contributed by atoms with van der Waals surface area (Å²) in [6.45, 7) is 15.4. The van der Waals surface area contributed by atoms with Crippen LogP contribution in [0, 0.1) is 0 Å². The van der Waals surface area contributed by atoms with Gasteiger partial charge in [0.1, 0.15) is 0 Å². The van der Waals surface area contributed by atoms with E-state index in [1.807, 2.05) is 0 Å². The number of nitrogens with zero attached hydrogens (tertiary/aromatic N) is 2. The molecule has 0 radical (unpaired) electrons. The Bertz CT molecular complexity index is 240. The summed E-state index contributed by atoms with van der Waals surface area (Å²) in [5.74, 6) is 0. The highest BCUT2D eigenvalue weighted by Crippen LogP contribution is 2.17. The zero-order chi connectivity index (χ0) is 13.4. The predicted molar refractivity (Wildman–Crippen MR) is 80.1 cm³/mol. The van der Waals surface area contributed by atoms with Crippen LogP contribution in [0.25, 0.3) is 0 Å². The van der Waals surface area contributed by atoms with Crippen LogP contribution in [0.2, 0.25) is 0 Å². The van der Waals surface area contributed by atoms with Gasteiger partial charge in [-0.25, -0.2) is 0 Å². The maximum absolute atomic E-state index is 4.16. The molecule has 0 aromatic rings. The third-order valence-corrected chi connectivity index (χ3v) is 3.72. The van der Waals surface area contributed by atoms with Gasteiger partial charge in [-0.3, -0.25) is 4.90 Å². The molecule has 1 N–H and O–H groups in total. The first-order valence-corrected chi connectivity index (χ1v) is 7.47. The Kier molecular flexibility index (Phi) is 7.56. The monoisotopic (exact) mass is 253 g/mol. The van der Waals surface area contributed by atoms with Crippen molar-refractivity contribution >= 4 is 0 Å². The number of hydrogen-bond donors (Lipinski definition) is 1. The van der Waals surface area contributed by atoms with Gasteiger partial charge in [0, 0.05) is 25.7 Å². The Morgan fingerprint density at radius 3 is 2.89 bits per heavy atom. The largest absolute Gasteiger partial charge is 0.313 e. The van der Waals surface area contributed by atoms with Crippen molar-refractivity contribution in [2.75, 3.05) is 46.3 Å². The lowest BCUT2D eigenvalue weighted by Crippen LogP contribution is -2.39. The van der Waals surface area contributed by atoms with Gasteiger partial charge in [-0.2, -0.15) is 0 Å². The van der Waals surface area contributed by atoms with E-state index < -0.39 is 0 Å². The molecule has 1 aliphatic rings. The van der Waals surface area contributed by atoms with Crippen molar-refractivity contribution in [3.63, 3.8) is 0 Å². The van der Waals surface area contributed by atoms with Crippen LogP contribution in [-0.2, 0) is 0 Å². The summed E-state index contributed by atoms with van der Waals surface area (Å²) < 4.78 is 0. The van der Waals surface area contributed by atoms with Crippen molar-refractivity contribution < 1.29 is 0 Å². The molecule has 1 heterocycles. The van der Waals surface area contributed by atoms with Gasteiger partial charge >= 0.3 is 0 Å². The molecule has 1 fully saturated rings. The van der Waals surface area contributed by atoms with Gasteiger partial charge in [-0.15, -0.1) is 0 Å². The van der Waals surface area contributed by atoms with E-state index in [-0.39, 0.29) is 0 Å². The Labute approximate surface area is 113 Å². The zero-order valence-electron chi connectivity index (χ0n) is 12.5. The fourth-order valence-electron chi connectivity index (χ4n) is 2.82. The van der Waals surface area contributed by atoms with Crippen LogP contribution in [0.1, 0.15) is 33.1 Å². The topological polar surface area (TPSA) is 18.5 Å². The first-order chi connectivity index (χ1) is 8.67. The van der Waals surface area contributed by atoms with Crippen molar-refractivity contribution in [3.05, 3.63) is 12.2 Å². The number of likely N-dealkylation sites (N-methyl/N-ethyl adjacent to an activating group) is 2. The van der Waals surface area contributed by atoms with Crippen molar-refractivity contribution in [2.24, 2.45) is 0 Å². The summed E-state index contributed by atoms with van der Waals surface area (Å²) in [6.07, 6.45) is 3.92. The molecule has 1 rings (SSSR count). The van der Waals surface area contributed by atoms with Crippen LogP contribution < -0.4 is 5.32 Å². The van der Waals surface area contributed by atoms with Gasteiger partial charge in [-0.05, 0) is 51.5 Å². The molecule has 0 spiro atoms. The molecule has 3 heteroatoms. The SMILES string of the molecule is C=C(CNCCC)CN(C)CC1CCCN1CC. The minimum Gasteiger partial charge on any atom is -0.313 e. The molecule has 0 aromatic heterocycles. The molecule has 0 aromatic carbocycles. The molecular weight excluding hydrogens is 222 g/mol. The van der Waals surface area contributed by atoms with Gasteiger partial charge in [-0.1, -0.05) is 20.4 Å². The lowest BCUT2D eigenvalue weighted by atomic mass is 10.2. The molecule has 0 aliphatic carbocycles. The summed E-state index contributed by atoms with van der Waals surface area (Å²) in [7, 11) is 2.22. The van der Waals surface area contributed by atoms with E-state index in [4.69, 9.17) is 0 Å². The Hall–Kier alpha value is -0.380. The normalized spacial score (nSPS) is 20.8. The number of rotatable bonds is 9. The van der Waals surface area contributed by atoms with E-state index in [2.05, 4.69) is 42.6 Å². The molecule has 0 saturated carbocycles. The van der Waals surface area contributed by atoms with Crippen LogP contribution in [0.5, 0.6) is 0 Å². The molecular formula is C15H31N3. The Morgan fingerprint density at radius 1 is 1.44 bits per heavy atom.